The van der Waals surface area contributed by atoms with Gasteiger partial charge in [0.05, 0.1) is 10.4 Å². The topological polar surface area (TPSA) is 17.8 Å². The Labute approximate surface area is 93.9 Å². The number of rotatable bonds is 2. The lowest BCUT2D eigenvalue weighted by atomic mass is 10.3. The fourth-order valence-corrected chi connectivity index (χ4v) is 4.41. The predicted molar refractivity (Wildman–Crippen MR) is 64.7 cm³/mol. The Hall–Kier alpha value is -0.0900. The first kappa shape index (κ1) is 10.4. The number of aromatic nitrogens is 2. The van der Waals surface area contributed by atoms with Gasteiger partial charge in [0.15, 0.2) is 0 Å². The number of nitrogens with zero attached hydrogens (tertiary/aromatic N) is 2. The van der Waals surface area contributed by atoms with Crippen molar-refractivity contribution >= 4 is 23.5 Å². The molecule has 0 bridgehead atoms. The highest BCUT2D eigenvalue weighted by molar-refractivity contribution is 8.18. The smallest absolute Gasteiger partial charge is 0.0946 e. The van der Waals surface area contributed by atoms with Crippen LogP contribution in [-0.2, 0) is 6.54 Å². The van der Waals surface area contributed by atoms with Crippen molar-refractivity contribution in [3.63, 3.8) is 0 Å². The molecule has 1 fully saturated rings. The molecule has 1 aliphatic heterocycles. The van der Waals surface area contributed by atoms with Crippen LogP contribution in [0, 0.1) is 5.92 Å². The van der Waals surface area contributed by atoms with E-state index in [1.54, 1.807) is 0 Å². The van der Waals surface area contributed by atoms with Crippen LogP contribution in [0.5, 0.6) is 0 Å². The molecule has 2 rings (SSSR count). The molecule has 0 aromatic carbocycles. The van der Waals surface area contributed by atoms with E-state index in [0.717, 1.165) is 12.5 Å². The van der Waals surface area contributed by atoms with E-state index in [2.05, 4.69) is 46.9 Å². The molecule has 0 amide bonds. The number of hydrogen-bond acceptors (Lipinski definition) is 3. The molecule has 2 heterocycles. The summed E-state index contributed by atoms with van der Waals surface area (Å²) in [5.41, 5.74) is 0. The molecular formula is C10H16N2S2. The van der Waals surface area contributed by atoms with Crippen LogP contribution in [0.4, 0.5) is 0 Å². The molecule has 0 radical (unpaired) electrons. The van der Waals surface area contributed by atoms with E-state index in [9.17, 15) is 0 Å². The van der Waals surface area contributed by atoms with Crippen molar-refractivity contribution in [2.24, 2.45) is 5.92 Å². The summed E-state index contributed by atoms with van der Waals surface area (Å²) in [6.07, 6.45) is 5.80. The highest BCUT2D eigenvalue weighted by Crippen LogP contribution is 2.44. The van der Waals surface area contributed by atoms with Gasteiger partial charge in [0.1, 0.15) is 0 Å². The van der Waals surface area contributed by atoms with Gasteiger partial charge in [0.25, 0.3) is 0 Å². The second kappa shape index (κ2) is 4.19. The van der Waals surface area contributed by atoms with Gasteiger partial charge in [-0.25, -0.2) is 4.98 Å². The SMILES string of the molecule is CC1CSC(C)(Cn2ccnc2)SC1. The van der Waals surface area contributed by atoms with Crippen molar-refractivity contribution in [3.05, 3.63) is 18.7 Å². The van der Waals surface area contributed by atoms with Gasteiger partial charge < -0.3 is 4.57 Å². The van der Waals surface area contributed by atoms with Crippen LogP contribution in [0.2, 0.25) is 0 Å². The molecule has 0 N–H and O–H groups in total. The fourth-order valence-electron chi connectivity index (χ4n) is 1.53. The van der Waals surface area contributed by atoms with Crippen molar-refractivity contribution in [1.29, 1.82) is 0 Å². The zero-order chi connectivity index (χ0) is 10.0. The summed E-state index contributed by atoms with van der Waals surface area (Å²) in [4.78, 5) is 4.08. The first-order chi connectivity index (χ1) is 6.68. The maximum absolute atomic E-state index is 4.08. The van der Waals surface area contributed by atoms with Gasteiger partial charge in [-0.2, -0.15) is 0 Å². The standard InChI is InChI=1S/C10H16N2S2/c1-9-5-13-10(2,14-6-9)7-12-4-3-11-8-12/h3-4,8-9H,5-7H2,1-2H3. The minimum atomic E-state index is 0.340. The second-order valence-corrected chi connectivity index (χ2v) is 7.40. The van der Waals surface area contributed by atoms with E-state index >= 15 is 0 Å². The summed E-state index contributed by atoms with van der Waals surface area (Å²) in [7, 11) is 0. The quantitative estimate of drug-likeness (QED) is 0.775. The van der Waals surface area contributed by atoms with E-state index in [0.29, 0.717) is 4.08 Å². The van der Waals surface area contributed by atoms with Crippen molar-refractivity contribution < 1.29 is 0 Å². The summed E-state index contributed by atoms with van der Waals surface area (Å²) >= 11 is 4.17. The Balaban J connectivity index is 1.96. The van der Waals surface area contributed by atoms with Gasteiger partial charge in [-0.05, 0) is 24.3 Å². The maximum atomic E-state index is 4.08. The molecular weight excluding hydrogens is 212 g/mol. The summed E-state index contributed by atoms with van der Waals surface area (Å²) in [6, 6.07) is 0. The van der Waals surface area contributed by atoms with Crippen molar-refractivity contribution in [2.75, 3.05) is 11.5 Å². The molecule has 78 valence electrons. The highest BCUT2D eigenvalue weighted by atomic mass is 32.2. The van der Waals surface area contributed by atoms with Crippen molar-refractivity contribution in [2.45, 2.75) is 24.5 Å². The molecule has 1 aliphatic rings. The Morgan fingerprint density at radius 3 is 2.79 bits per heavy atom. The normalized spacial score (nSPS) is 33.1. The van der Waals surface area contributed by atoms with Gasteiger partial charge in [0.2, 0.25) is 0 Å². The zero-order valence-electron chi connectivity index (χ0n) is 8.64. The zero-order valence-corrected chi connectivity index (χ0v) is 10.3. The summed E-state index contributed by atoms with van der Waals surface area (Å²) in [6.45, 7) is 5.74. The monoisotopic (exact) mass is 228 g/mol. The maximum Gasteiger partial charge on any atom is 0.0946 e. The van der Waals surface area contributed by atoms with E-state index in [-0.39, 0.29) is 0 Å². The van der Waals surface area contributed by atoms with Gasteiger partial charge in [-0.1, -0.05) is 6.92 Å². The number of imidazole rings is 1. The molecule has 1 saturated heterocycles. The number of hydrogen-bond donors (Lipinski definition) is 0. The molecule has 1 aromatic heterocycles. The lowest BCUT2D eigenvalue weighted by Gasteiger charge is -2.35. The van der Waals surface area contributed by atoms with Crippen LogP contribution in [0.15, 0.2) is 18.7 Å². The van der Waals surface area contributed by atoms with Crippen molar-refractivity contribution in [1.82, 2.24) is 9.55 Å². The predicted octanol–water partition coefficient (Wildman–Crippen LogP) is 2.72. The Kier molecular flexibility index (Phi) is 3.12. The van der Waals surface area contributed by atoms with Crippen LogP contribution >= 0.6 is 23.5 Å². The summed E-state index contributed by atoms with van der Waals surface area (Å²) in [5.74, 6) is 3.44. The molecule has 2 nitrogen and oxygen atoms in total. The van der Waals surface area contributed by atoms with Crippen LogP contribution in [0.1, 0.15) is 13.8 Å². The van der Waals surface area contributed by atoms with E-state index in [1.807, 2.05) is 18.7 Å². The molecule has 14 heavy (non-hydrogen) atoms. The summed E-state index contributed by atoms with van der Waals surface area (Å²) < 4.78 is 2.52. The average Bonchev–Trinajstić information content (AvgIpc) is 2.63. The highest BCUT2D eigenvalue weighted by Gasteiger charge is 2.31. The third-order valence-electron chi connectivity index (χ3n) is 2.38. The summed E-state index contributed by atoms with van der Waals surface area (Å²) in [5, 5.41) is 0. The van der Waals surface area contributed by atoms with Gasteiger partial charge in [-0.15, -0.1) is 23.5 Å². The minimum Gasteiger partial charge on any atom is -0.335 e. The third-order valence-corrected chi connectivity index (χ3v) is 6.03. The first-order valence-corrected chi connectivity index (χ1v) is 6.89. The molecule has 0 aliphatic carbocycles. The molecule has 0 atom stereocenters. The first-order valence-electron chi connectivity index (χ1n) is 4.92. The third kappa shape index (κ3) is 2.48. The van der Waals surface area contributed by atoms with Gasteiger partial charge >= 0.3 is 0 Å². The Morgan fingerprint density at radius 2 is 2.21 bits per heavy atom. The lowest BCUT2D eigenvalue weighted by molar-refractivity contribution is 0.642. The van der Waals surface area contributed by atoms with Crippen LogP contribution < -0.4 is 0 Å². The lowest BCUT2D eigenvalue weighted by Crippen LogP contribution is -2.29. The van der Waals surface area contributed by atoms with Crippen LogP contribution in [-0.4, -0.2) is 25.1 Å². The molecule has 1 aromatic rings. The van der Waals surface area contributed by atoms with E-state index in [4.69, 9.17) is 0 Å². The van der Waals surface area contributed by atoms with Crippen LogP contribution in [0.25, 0.3) is 0 Å². The minimum absolute atomic E-state index is 0.340. The molecule has 0 unspecified atom stereocenters. The molecule has 4 heteroatoms. The average molecular weight is 228 g/mol. The Bertz CT molecular complexity index is 276. The molecule has 0 saturated carbocycles. The largest absolute Gasteiger partial charge is 0.335 e. The number of thioether (sulfide) groups is 2. The second-order valence-electron chi connectivity index (χ2n) is 4.10. The Morgan fingerprint density at radius 1 is 1.50 bits per heavy atom. The van der Waals surface area contributed by atoms with Gasteiger partial charge in [-0.3, -0.25) is 0 Å². The van der Waals surface area contributed by atoms with E-state index < -0.39 is 0 Å². The fraction of sp³-hybridized carbons (Fsp3) is 0.700. The molecule has 0 spiro atoms. The van der Waals surface area contributed by atoms with E-state index in [1.165, 1.54) is 11.5 Å². The van der Waals surface area contributed by atoms with Crippen LogP contribution in [0.3, 0.4) is 0 Å². The van der Waals surface area contributed by atoms with Crippen molar-refractivity contribution in [3.8, 4) is 0 Å². The van der Waals surface area contributed by atoms with Gasteiger partial charge in [0, 0.05) is 18.9 Å².